The first-order valence-corrected chi connectivity index (χ1v) is 4.97. The molecule has 0 saturated carbocycles. The Hall–Kier alpha value is -0.160. The summed E-state index contributed by atoms with van der Waals surface area (Å²) in [4.78, 5) is 4.56. The third-order valence-electron chi connectivity index (χ3n) is 2.09. The maximum atomic E-state index is 5.33. The molecule has 0 unspecified atom stereocenters. The highest BCUT2D eigenvalue weighted by Crippen LogP contribution is 2.03. The summed E-state index contributed by atoms with van der Waals surface area (Å²) in [5.74, 6) is 0. The van der Waals surface area contributed by atoms with Gasteiger partial charge < -0.3 is 9.47 Å². The Morgan fingerprint density at radius 1 is 0.923 bits per heavy atom. The van der Waals surface area contributed by atoms with Gasteiger partial charge in [-0.1, -0.05) is 0 Å². The second-order valence-electron chi connectivity index (χ2n) is 3.17. The molecule has 1 aliphatic heterocycles. The van der Waals surface area contributed by atoms with Crippen LogP contribution in [0.3, 0.4) is 0 Å². The van der Waals surface area contributed by atoms with Crippen LogP contribution in [0.1, 0.15) is 13.8 Å². The maximum absolute atomic E-state index is 5.33. The Morgan fingerprint density at radius 2 is 1.38 bits per heavy atom. The van der Waals surface area contributed by atoms with Crippen LogP contribution in [-0.2, 0) is 9.47 Å². The van der Waals surface area contributed by atoms with Crippen LogP contribution in [0.15, 0.2) is 0 Å². The Bertz CT molecular complexity index is 119. The molecule has 0 N–H and O–H groups in total. The molecule has 0 aromatic carbocycles. The fourth-order valence-corrected chi connectivity index (χ4v) is 1.36. The van der Waals surface area contributed by atoms with Gasteiger partial charge in [-0.3, -0.25) is 9.80 Å². The van der Waals surface area contributed by atoms with Gasteiger partial charge in [0, 0.05) is 26.3 Å². The molecule has 1 rings (SSSR count). The Balaban J connectivity index is 2.05. The van der Waals surface area contributed by atoms with E-state index in [4.69, 9.17) is 9.47 Å². The third kappa shape index (κ3) is 4.04. The number of rotatable bonds is 6. The van der Waals surface area contributed by atoms with Crippen molar-refractivity contribution in [1.82, 2.24) is 9.80 Å². The summed E-state index contributed by atoms with van der Waals surface area (Å²) in [6, 6.07) is 0. The molecule has 0 spiro atoms. The van der Waals surface area contributed by atoms with Crippen molar-refractivity contribution >= 4 is 0 Å². The number of ether oxygens (including phenoxy) is 2. The minimum Gasteiger partial charge on any atom is -0.366 e. The van der Waals surface area contributed by atoms with E-state index >= 15 is 0 Å². The van der Waals surface area contributed by atoms with E-state index < -0.39 is 0 Å². The van der Waals surface area contributed by atoms with Crippen LogP contribution in [0, 0.1) is 0 Å². The topological polar surface area (TPSA) is 24.9 Å². The van der Waals surface area contributed by atoms with Crippen molar-refractivity contribution in [2.75, 3.05) is 46.4 Å². The second-order valence-corrected chi connectivity index (χ2v) is 3.17. The van der Waals surface area contributed by atoms with Gasteiger partial charge in [0.2, 0.25) is 0 Å². The summed E-state index contributed by atoms with van der Waals surface area (Å²) < 4.78 is 10.7. The van der Waals surface area contributed by atoms with Crippen molar-refractivity contribution in [3.63, 3.8) is 0 Å². The first-order chi connectivity index (χ1) is 6.36. The van der Waals surface area contributed by atoms with Gasteiger partial charge in [-0.2, -0.15) is 0 Å². The zero-order valence-electron chi connectivity index (χ0n) is 8.66. The van der Waals surface area contributed by atoms with Crippen molar-refractivity contribution in [1.29, 1.82) is 0 Å². The minimum absolute atomic E-state index is 0.749. The highest BCUT2D eigenvalue weighted by atomic mass is 16.5. The van der Waals surface area contributed by atoms with Crippen molar-refractivity contribution in [3.05, 3.63) is 0 Å². The average molecular weight is 188 g/mol. The first kappa shape index (κ1) is 10.9. The lowest BCUT2D eigenvalue weighted by Gasteiger charge is -2.17. The molecular formula is C9H20N2O2. The highest BCUT2D eigenvalue weighted by Gasteiger charge is 2.18. The largest absolute Gasteiger partial charge is 0.366 e. The molecule has 0 amide bonds. The number of hydrogen-bond acceptors (Lipinski definition) is 4. The molecule has 0 aliphatic carbocycles. The Kier molecular flexibility index (Phi) is 5.31. The summed E-state index contributed by atoms with van der Waals surface area (Å²) >= 11 is 0. The quantitative estimate of drug-likeness (QED) is 0.607. The van der Waals surface area contributed by atoms with Gasteiger partial charge in [0.25, 0.3) is 0 Å². The van der Waals surface area contributed by atoms with E-state index in [0.29, 0.717) is 0 Å². The van der Waals surface area contributed by atoms with Gasteiger partial charge in [0.1, 0.15) is 13.5 Å². The van der Waals surface area contributed by atoms with Gasteiger partial charge >= 0.3 is 0 Å². The predicted octanol–water partition coefficient (Wildman–Crippen LogP) is 0.550. The Labute approximate surface area is 80.4 Å². The van der Waals surface area contributed by atoms with Crippen LogP contribution in [0.2, 0.25) is 0 Å². The fraction of sp³-hybridized carbons (Fsp3) is 1.00. The molecule has 78 valence electrons. The third-order valence-corrected chi connectivity index (χ3v) is 2.09. The molecule has 0 radical (unpaired) electrons. The van der Waals surface area contributed by atoms with E-state index in [0.717, 1.165) is 46.4 Å². The molecule has 0 aromatic heterocycles. The molecular weight excluding hydrogens is 168 g/mol. The molecule has 0 aromatic rings. The van der Waals surface area contributed by atoms with Crippen LogP contribution < -0.4 is 0 Å². The van der Waals surface area contributed by atoms with E-state index in [1.54, 1.807) is 0 Å². The molecule has 0 atom stereocenters. The summed E-state index contributed by atoms with van der Waals surface area (Å²) in [6.07, 6.45) is 0. The molecule has 0 bridgehead atoms. The van der Waals surface area contributed by atoms with Crippen molar-refractivity contribution in [3.8, 4) is 0 Å². The molecule has 1 aliphatic rings. The SMILES string of the molecule is CCOCN1CCN(COCC)C1. The van der Waals surface area contributed by atoms with Crippen LogP contribution in [-0.4, -0.2) is 56.2 Å². The smallest absolute Gasteiger partial charge is 0.100 e. The maximum Gasteiger partial charge on any atom is 0.100 e. The lowest BCUT2D eigenvalue weighted by Crippen LogP contribution is -2.28. The fourth-order valence-electron chi connectivity index (χ4n) is 1.36. The van der Waals surface area contributed by atoms with Crippen molar-refractivity contribution in [2.24, 2.45) is 0 Å². The van der Waals surface area contributed by atoms with Crippen molar-refractivity contribution in [2.45, 2.75) is 13.8 Å². The van der Waals surface area contributed by atoms with Crippen LogP contribution in [0.4, 0.5) is 0 Å². The van der Waals surface area contributed by atoms with E-state index in [-0.39, 0.29) is 0 Å². The standard InChI is InChI=1S/C9H20N2O2/c1-3-12-8-10-5-6-11(7-10)9-13-4-2/h3-9H2,1-2H3. The molecule has 1 fully saturated rings. The summed E-state index contributed by atoms with van der Waals surface area (Å²) in [6.45, 7) is 10.3. The van der Waals surface area contributed by atoms with Crippen LogP contribution >= 0.6 is 0 Å². The van der Waals surface area contributed by atoms with E-state index in [9.17, 15) is 0 Å². The monoisotopic (exact) mass is 188 g/mol. The Morgan fingerprint density at radius 3 is 1.77 bits per heavy atom. The number of hydrogen-bond donors (Lipinski definition) is 0. The molecule has 13 heavy (non-hydrogen) atoms. The predicted molar refractivity (Wildman–Crippen MR) is 51.3 cm³/mol. The molecule has 4 heteroatoms. The van der Waals surface area contributed by atoms with Crippen molar-refractivity contribution < 1.29 is 9.47 Å². The van der Waals surface area contributed by atoms with Gasteiger partial charge in [-0.05, 0) is 13.8 Å². The molecule has 1 heterocycles. The highest BCUT2D eigenvalue weighted by molar-refractivity contribution is 4.66. The lowest BCUT2D eigenvalue weighted by molar-refractivity contribution is 0.0108. The molecule has 4 nitrogen and oxygen atoms in total. The van der Waals surface area contributed by atoms with Gasteiger partial charge in [0.15, 0.2) is 0 Å². The second kappa shape index (κ2) is 6.32. The normalized spacial score (nSPS) is 19.8. The summed E-state index contributed by atoms with van der Waals surface area (Å²) in [5, 5.41) is 0. The summed E-state index contributed by atoms with van der Waals surface area (Å²) in [5.41, 5.74) is 0. The summed E-state index contributed by atoms with van der Waals surface area (Å²) in [7, 11) is 0. The zero-order chi connectivity index (χ0) is 9.52. The van der Waals surface area contributed by atoms with Crippen LogP contribution in [0.25, 0.3) is 0 Å². The lowest BCUT2D eigenvalue weighted by atomic mass is 10.6. The minimum atomic E-state index is 0.749. The van der Waals surface area contributed by atoms with E-state index in [1.165, 1.54) is 0 Å². The average Bonchev–Trinajstić information content (AvgIpc) is 2.59. The van der Waals surface area contributed by atoms with E-state index in [1.807, 2.05) is 13.8 Å². The van der Waals surface area contributed by atoms with Gasteiger partial charge in [0.05, 0.1) is 6.67 Å². The van der Waals surface area contributed by atoms with Crippen LogP contribution in [0.5, 0.6) is 0 Å². The van der Waals surface area contributed by atoms with E-state index in [2.05, 4.69) is 9.80 Å². The zero-order valence-corrected chi connectivity index (χ0v) is 8.66. The molecule has 1 saturated heterocycles. The van der Waals surface area contributed by atoms with Gasteiger partial charge in [-0.15, -0.1) is 0 Å². The number of nitrogens with zero attached hydrogens (tertiary/aromatic N) is 2. The van der Waals surface area contributed by atoms with Gasteiger partial charge in [-0.25, -0.2) is 0 Å². The first-order valence-electron chi connectivity index (χ1n) is 4.97.